The van der Waals surface area contributed by atoms with E-state index in [1.807, 2.05) is 13.8 Å². The van der Waals surface area contributed by atoms with Crippen LogP contribution in [0.1, 0.15) is 33.1 Å². The summed E-state index contributed by atoms with van der Waals surface area (Å²) in [5.41, 5.74) is 0.968. The normalized spacial score (nSPS) is 24.6. The second kappa shape index (κ2) is 6.17. The van der Waals surface area contributed by atoms with E-state index in [4.69, 9.17) is 4.74 Å². The Kier molecular flexibility index (Phi) is 4.54. The van der Waals surface area contributed by atoms with E-state index in [1.54, 1.807) is 12.3 Å². The molecule has 0 N–H and O–H groups in total. The highest BCUT2D eigenvalue weighted by Gasteiger charge is 2.42. The average molecular weight is 279 g/mol. The van der Waals surface area contributed by atoms with Gasteiger partial charge in [0.25, 0.3) is 0 Å². The fourth-order valence-electron chi connectivity index (χ4n) is 2.70. The van der Waals surface area contributed by atoms with Crippen molar-refractivity contribution in [3.05, 3.63) is 28.4 Å². The molecule has 6 heteroatoms. The molecule has 0 saturated carbocycles. The first-order valence-electron chi connectivity index (χ1n) is 7.18. The van der Waals surface area contributed by atoms with Crippen molar-refractivity contribution in [1.29, 1.82) is 0 Å². The molecule has 1 aromatic rings. The van der Waals surface area contributed by atoms with Gasteiger partial charge in [0.05, 0.1) is 17.9 Å². The van der Waals surface area contributed by atoms with E-state index >= 15 is 0 Å². The maximum atomic E-state index is 10.6. The minimum atomic E-state index is -0.476. The molecular weight excluding hydrogens is 258 g/mol. The van der Waals surface area contributed by atoms with Crippen molar-refractivity contribution in [2.24, 2.45) is 0 Å². The third kappa shape index (κ3) is 2.90. The molecule has 3 rings (SSSR count). The fraction of sp³-hybridized carbons (Fsp3) is 0.643. The van der Waals surface area contributed by atoms with Crippen molar-refractivity contribution in [3.8, 4) is 0 Å². The molecule has 6 nitrogen and oxygen atoms in total. The fourth-order valence-corrected chi connectivity index (χ4v) is 2.70. The van der Waals surface area contributed by atoms with Crippen molar-refractivity contribution < 1.29 is 9.66 Å². The molecule has 2 fully saturated rings. The van der Waals surface area contributed by atoms with Gasteiger partial charge in [-0.3, -0.25) is 0 Å². The van der Waals surface area contributed by atoms with Crippen LogP contribution >= 0.6 is 0 Å². The Hall–Kier alpha value is -1.69. The lowest BCUT2D eigenvalue weighted by atomic mass is 9.86. The molecule has 2 aliphatic heterocycles. The molecule has 2 aliphatic rings. The van der Waals surface area contributed by atoms with E-state index in [0.29, 0.717) is 0 Å². The number of nitrogens with zero attached hydrogens (tertiary/aromatic N) is 3. The first-order chi connectivity index (χ1) is 9.69. The number of anilines is 1. The molecule has 0 aliphatic carbocycles. The number of hydrogen-bond acceptors (Lipinski definition) is 5. The molecule has 20 heavy (non-hydrogen) atoms. The largest absolute Gasteiger partial charge is 0.373 e. The summed E-state index contributed by atoms with van der Waals surface area (Å²) in [6.45, 7) is 6.68. The standard InChI is InChI=1S/C12H15N3O3.C2H6/c16-15(17)11-3-2-10(8-13-11)14-6-1-4-12(9-14)5-7-18-12;1-2/h2-3,8H,1,4-7,9H2;1-2H3. The van der Waals surface area contributed by atoms with Gasteiger partial charge in [0, 0.05) is 25.6 Å². The van der Waals surface area contributed by atoms with Crippen molar-refractivity contribution in [2.45, 2.75) is 38.7 Å². The molecule has 1 unspecified atom stereocenters. The molecule has 1 spiro atoms. The van der Waals surface area contributed by atoms with Crippen LogP contribution in [0.15, 0.2) is 18.3 Å². The van der Waals surface area contributed by atoms with Crippen LogP contribution < -0.4 is 4.90 Å². The summed E-state index contributed by atoms with van der Waals surface area (Å²) in [6, 6.07) is 3.22. The van der Waals surface area contributed by atoms with Crippen LogP contribution in [0.3, 0.4) is 0 Å². The van der Waals surface area contributed by atoms with Gasteiger partial charge in [0.15, 0.2) is 6.20 Å². The van der Waals surface area contributed by atoms with E-state index in [9.17, 15) is 10.1 Å². The Bertz CT molecular complexity index is 457. The van der Waals surface area contributed by atoms with Gasteiger partial charge in [-0.05, 0) is 28.8 Å². The number of aromatic nitrogens is 1. The Morgan fingerprint density at radius 2 is 2.15 bits per heavy atom. The highest BCUT2D eigenvalue weighted by Crippen LogP contribution is 2.36. The lowest BCUT2D eigenvalue weighted by Crippen LogP contribution is -2.56. The molecule has 110 valence electrons. The Morgan fingerprint density at radius 3 is 2.65 bits per heavy atom. The van der Waals surface area contributed by atoms with Crippen molar-refractivity contribution >= 4 is 11.5 Å². The van der Waals surface area contributed by atoms with Gasteiger partial charge in [-0.1, -0.05) is 13.8 Å². The van der Waals surface area contributed by atoms with Crippen LogP contribution in [0.4, 0.5) is 11.5 Å². The van der Waals surface area contributed by atoms with Gasteiger partial charge in [0.2, 0.25) is 0 Å². The van der Waals surface area contributed by atoms with Gasteiger partial charge in [-0.25, -0.2) is 0 Å². The Labute approximate surface area is 118 Å². The maximum absolute atomic E-state index is 10.6. The molecule has 3 heterocycles. The van der Waals surface area contributed by atoms with E-state index in [-0.39, 0.29) is 11.4 Å². The summed E-state index contributed by atoms with van der Waals surface area (Å²) in [4.78, 5) is 16.2. The molecule has 0 bridgehead atoms. The van der Waals surface area contributed by atoms with Gasteiger partial charge in [0.1, 0.15) is 0 Å². The molecule has 1 atom stereocenters. The topological polar surface area (TPSA) is 68.5 Å². The third-order valence-corrected chi connectivity index (χ3v) is 3.79. The summed E-state index contributed by atoms with van der Waals surface area (Å²) in [5, 5.41) is 10.6. The minimum absolute atomic E-state index is 0.0278. The van der Waals surface area contributed by atoms with Crippen LogP contribution in [-0.2, 0) is 4.74 Å². The lowest BCUT2D eigenvalue weighted by molar-refractivity contribution is -0.389. The predicted molar refractivity (Wildman–Crippen MR) is 77.0 cm³/mol. The molecule has 0 radical (unpaired) electrons. The van der Waals surface area contributed by atoms with Crippen molar-refractivity contribution in [1.82, 2.24) is 4.98 Å². The molecule has 1 aromatic heterocycles. The summed E-state index contributed by atoms with van der Waals surface area (Å²) in [6.07, 6.45) is 4.90. The molecule has 2 saturated heterocycles. The molecule has 0 aromatic carbocycles. The second-order valence-electron chi connectivity index (χ2n) is 4.94. The van der Waals surface area contributed by atoms with Crippen LogP contribution in [0.25, 0.3) is 0 Å². The zero-order chi connectivity index (χ0) is 14.6. The van der Waals surface area contributed by atoms with Gasteiger partial charge < -0.3 is 19.8 Å². The van der Waals surface area contributed by atoms with E-state index in [2.05, 4.69) is 9.88 Å². The highest BCUT2D eigenvalue weighted by molar-refractivity contribution is 5.47. The summed E-state index contributed by atoms with van der Waals surface area (Å²) < 4.78 is 5.70. The first-order valence-corrected chi connectivity index (χ1v) is 7.18. The summed E-state index contributed by atoms with van der Waals surface area (Å²) in [7, 11) is 0. The number of nitro groups is 1. The van der Waals surface area contributed by atoms with Gasteiger partial charge in [-0.2, -0.15) is 0 Å². The highest BCUT2D eigenvalue weighted by atomic mass is 16.6. The predicted octanol–water partition coefficient (Wildman–Crippen LogP) is 2.78. The number of piperidine rings is 1. The first kappa shape index (κ1) is 14.7. The van der Waals surface area contributed by atoms with Crippen molar-refractivity contribution in [3.63, 3.8) is 0 Å². The Balaban J connectivity index is 0.000000704. The molecule has 0 amide bonds. The maximum Gasteiger partial charge on any atom is 0.363 e. The number of ether oxygens (including phenoxy) is 1. The van der Waals surface area contributed by atoms with Crippen LogP contribution in [-0.4, -0.2) is 35.2 Å². The number of hydrogen-bond donors (Lipinski definition) is 0. The monoisotopic (exact) mass is 279 g/mol. The van der Waals surface area contributed by atoms with E-state index in [1.165, 1.54) is 6.07 Å². The second-order valence-corrected chi connectivity index (χ2v) is 4.94. The van der Waals surface area contributed by atoms with E-state index < -0.39 is 4.92 Å². The van der Waals surface area contributed by atoms with Crippen LogP contribution in [0.5, 0.6) is 0 Å². The molecular formula is C14H21N3O3. The number of rotatable bonds is 2. The van der Waals surface area contributed by atoms with Gasteiger partial charge >= 0.3 is 5.82 Å². The SMILES string of the molecule is CC.O=[N+]([O-])c1ccc(N2CCCC3(CCO3)C2)cn1. The summed E-state index contributed by atoms with van der Waals surface area (Å²) >= 11 is 0. The van der Waals surface area contributed by atoms with Gasteiger partial charge in [-0.15, -0.1) is 0 Å². The number of pyridine rings is 1. The quantitative estimate of drug-likeness (QED) is 0.615. The Morgan fingerprint density at radius 1 is 1.40 bits per heavy atom. The van der Waals surface area contributed by atoms with Crippen molar-refractivity contribution in [2.75, 3.05) is 24.6 Å². The van der Waals surface area contributed by atoms with Crippen LogP contribution in [0.2, 0.25) is 0 Å². The van der Waals surface area contributed by atoms with Crippen LogP contribution in [0, 0.1) is 10.1 Å². The smallest absolute Gasteiger partial charge is 0.363 e. The average Bonchev–Trinajstić information content (AvgIpc) is 2.48. The van der Waals surface area contributed by atoms with E-state index in [0.717, 1.165) is 44.6 Å². The zero-order valence-electron chi connectivity index (χ0n) is 12.0. The minimum Gasteiger partial charge on any atom is -0.373 e. The zero-order valence-corrected chi connectivity index (χ0v) is 12.0. The summed E-state index contributed by atoms with van der Waals surface area (Å²) in [5.74, 6) is -0.106. The lowest BCUT2D eigenvalue weighted by Gasteiger charge is -2.48. The third-order valence-electron chi connectivity index (χ3n) is 3.79.